The second kappa shape index (κ2) is 14.3. The molecule has 0 spiro atoms. The Morgan fingerprint density at radius 1 is 0.526 bits per heavy atom. The maximum absolute atomic E-state index is 6.61. The Hall–Kier alpha value is -2.93. The first kappa shape index (κ1) is 26.7. The highest BCUT2D eigenvalue weighted by Gasteiger charge is 2.46. The molecular formula is C33H34O4S. The highest BCUT2D eigenvalue weighted by molar-refractivity contribution is 7.99. The number of ether oxygens (including phenoxy) is 4. The van der Waals surface area contributed by atoms with E-state index in [0.717, 1.165) is 22.4 Å². The van der Waals surface area contributed by atoms with Gasteiger partial charge in [-0.1, -0.05) is 121 Å². The van der Waals surface area contributed by atoms with Crippen molar-refractivity contribution in [3.8, 4) is 0 Å². The van der Waals surface area contributed by atoms with Crippen LogP contribution >= 0.6 is 11.8 Å². The Labute approximate surface area is 229 Å². The van der Waals surface area contributed by atoms with Crippen LogP contribution in [0.15, 0.2) is 121 Å². The maximum atomic E-state index is 6.61. The molecule has 5 heteroatoms. The van der Waals surface area contributed by atoms with Crippen molar-refractivity contribution < 1.29 is 18.9 Å². The normalized spacial score (nSPS) is 20.9. The van der Waals surface area contributed by atoms with Gasteiger partial charge in [-0.3, -0.25) is 0 Å². The molecule has 1 aliphatic rings. The van der Waals surface area contributed by atoms with Crippen molar-refractivity contribution >= 4 is 11.8 Å². The summed E-state index contributed by atoms with van der Waals surface area (Å²) in [4.78, 5) is 0. The van der Waals surface area contributed by atoms with Gasteiger partial charge in [0.2, 0.25) is 0 Å². The molecule has 0 N–H and O–H groups in total. The molecule has 0 saturated carbocycles. The quantitative estimate of drug-likeness (QED) is 0.187. The van der Waals surface area contributed by atoms with E-state index in [1.165, 1.54) is 5.56 Å². The number of hydrogen-bond acceptors (Lipinski definition) is 5. The van der Waals surface area contributed by atoms with Gasteiger partial charge in [-0.15, -0.1) is 11.8 Å². The Morgan fingerprint density at radius 2 is 0.974 bits per heavy atom. The van der Waals surface area contributed by atoms with Gasteiger partial charge in [0.15, 0.2) is 0 Å². The number of rotatable bonds is 13. The van der Waals surface area contributed by atoms with Gasteiger partial charge in [0.05, 0.1) is 26.4 Å². The fraction of sp³-hybridized carbons (Fsp3) is 0.273. The first-order valence-electron chi connectivity index (χ1n) is 13.1. The van der Waals surface area contributed by atoms with Crippen molar-refractivity contribution in [1.82, 2.24) is 0 Å². The lowest BCUT2D eigenvalue weighted by Gasteiger charge is -2.25. The molecule has 4 aromatic rings. The molecule has 0 radical (unpaired) electrons. The average molecular weight is 527 g/mol. The Morgan fingerprint density at radius 3 is 1.50 bits per heavy atom. The minimum Gasteiger partial charge on any atom is -0.374 e. The van der Waals surface area contributed by atoms with Crippen LogP contribution in [0.5, 0.6) is 0 Å². The van der Waals surface area contributed by atoms with Crippen LogP contribution < -0.4 is 0 Å². The van der Waals surface area contributed by atoms with E-state index in [9.17, 15) is 0 Å². The highest BCUT2D eigenvalue weighted by atomic mass is 32.2. The zero-order valence-corrected chi connectivity index (χ0v) is 22.2. The van der Waals surface area contributed by atoms with Gasteiger partial charge in [-0.2, -0.15) is 0 Å². The van der Waals surface area contributed by atoms with Crippen LogP contribution in [0.4, 0.5) is 0 Å². The minimum absolute atomic E-state index is 0.176. The van der Waals surface area contributed by atoms with E-state index in [0.29, 0.717) is 26.4 Å². The molecule has 1 saturated heterocycles. The molecule has 0 unspecified atom stereocenters. The molecule has 1 aliphatic heterocycles. The number of thioether (sulfide) groups is 1. The van der Waals surface area contributed by atoms with Crippen molar-refractivity contribution in [3.63, 3.8) is 0 Å². The van der Waals surface area contributed by atoms with E-state index in [1.54, 1.807) is 11.8 Å². The number of benzene rings is 4. The van der Waals surface area contributed by atoms with Crippen LogP contribution in [0.25, 0.3) is 0 Å². The topological polar surface area (TPSA) is 36.9 Å². The van der Waals surface area contributed by atoms with Gasteiger partial charge in [0.25, 0.3) is 0 Å². The molecule has 4 nitrogen and oxygen atoms in total. The van der Waals surface area contributed by atoms with Crippen molar-refractivity contribution in [3.05, 3.63) is 144 Å². The molecule has 5 rings (SSSR count). The Balaban J connectivity index is 1.31. The summed E-state index contributed by atoms with van der Waals surface area (Å²) in [6.07, 6.45) is -0.739. The van der Waals surface area contributed by atoms with Crippen LogP contribution in [0.1, 0.15) is 22.3 Å². The predicted molar refractivity (Wildman–Crippen MR) is 153 cm³/mol. The molecule has 0 bridgehead atoms. The summed E-state index contributed by atoms with van der Waals surface area (Å²) in [5.74, 6) is 0.833. The molecule has 1 heterocycles. The van der Waals surface area contributed by atoms with Gasteiger partial charge < -0.3 is 18.9 Å². The molecule has 4 aromatic carbocycles. The minimum atomic E-state index is -0.261. The summed E-state index contributed by atoms with van der Waals surface area (Å²) >= 11 is 1.76. The zero-order valence-electron chi connectivity index (χ0n) is 21.4. The smallest absolute Gasteiger partial charge is 0.133 e. The van der Waals surface area contributed by atoms with E-state index in [2.05, 4.69) is 60.7 Å². The van der Waals surface area contributed by atoms with E-state index >= 15 is 0 Å². The van der Waals surface area contributed by atoms with Crippen LogP contribution in [-0.4, -0.2) is 30.4 Å². The van der Waals surface area contributed by atoms with E-state index in [1.807, 2.05) is 60.7 Å². The van der Waals surface area contributed by atoms with Crippen molar-refractivity contribution in [2.45, 2.75) is 49.3 Å². The Bertz CT molecular complexity index is 1190. The van der Waals surface area contributed by atoms with Gasteiger partial charge in [0.1, 0.15) is 23.7 Å². The second-order valence-electron chi connectivity index (χ2n) is 9.36. The lowest BCUT2D eigenvalue weighted by atomic mass is 10.1. The van der Waals surface area contributed by atoms with Crippen LogP contribution in [0.2, 0.25) is 0 Å². The SMILES string of the molecule is c1ccc(COC[C@H]2O[C@@H](SCc3ccccc3)[C@H](OCc3ccccc3)[C@H]2OCc2ccccc2)cc1. The summed E-state index contributed by atoms with van der Waals surface area (Å²) in [7, 11) is 0. The van der Waals surface area contributed by atoms with Crippen LogP contribution in [0, 0.1) is 0 Å². The lowest BCUT2D eigenvalue weighted by molar-refractivity contribution is -0.0895. The molecule has 0 aromatic heterocycles. The average Bonchev–Trinajstić information content (AvgIpc) is 3.32. The predicted octanol–water partition coefficient (Wildman–Crippen LogP) is 7.03. The van der Waals surface area contributed by atoms with E-state index in [-0.39, 0.29) is 23.7 Å². The molecule has 38 heavy (non-hydrogen) atoms. The van der Waals surface area contributed by atoms with Gasteiger partial charge in [-0.05, 0) is 22.3 Å². The highest BCUT2D eigenvalue weighted by Crippen LogP contribution is 2.36. The third kappa shape index (κ3) is 7.79. The zero-order chi connectivity index (χ0) is 25.8. The largest absolute Gasteiger partial charge is 0.374 e. The number of hydrogen-bond donors (Lipinski definition) is 0. The third-order valence-electron chi connectivity index (χ3n) is 6.49. The third-order valence-corrected chi connectivity index (χ3v) is 7.70. The summed E-state index contributed by atoms with van der Waals surface area (Å²) in [6, 6.07) is 41.2. The maximum Gasteiger partial charge on any atom is 0.133 e. The monoisotopic (exact) mass is 526 g/mol. The Kier molecular flexibility index (Phi) is 10.0. The van der Waals surface area contributed by atoms with Gasteiger partial charge in [-0.25, -0.2) is 0 Å². The molecule has 0 aliphatic carbocycles. The summed E-state index contributed by atoms with van der Waals surface area (Å²) < 4.78 is 25.9. The fourth-order valence-corrected chi connectivity index (χ4v) is 5.68. The molecule has 196 valence electrons. The first-order chi connectivity index (χ1) is 18.8. The summed E-state index contributed by atoms with van der Waals surface area (Å²) in [5.41, 5.74) is 4.47. The summed E-state index contributed by atoms with van der Waals surface area (Å²) in [6.45, 7) is 1.96. The van der Waals surface area contributed by atoms with Crippen molar-refractivity contribution in [2.75, 3.05) is 6.61 Å². The first-order valence-corrected chi connectivity index (χ1v) is 14.1. The van der Waals surface area contributed by atoms with Crippen molar-refractivity contribution in [1.29, 1.82) is 0 Å². The molecule has 0 amide bonds. The fourth-order valence-electron chi connectivity index (χ4n) is 4.49. The molecular weight excluding hydrogens is 492 g/mol. The van der Waals surface area contributed by atoms with Gasteiger partial charge in [0, 0.05) is 5.75 Å². The van der Waals surface area contributed by atoms with E-state index in [4.69, 9.17) is 18.9 Å². The van der Waals surface area contributed by atoms with Crippen LogP contribution in [0.3, 0.4) is 0 Å². The van der Waals surface area contributed by atoms with E-state index < -0.39 is 0 Å². The lowest BCUT2D eigenvalue weighted by Crippen LogP contribution is -2.38. The molecule has 1 fully saturated rings. The van der Waals surface area contributed by atoms with Crippen LogP contribution in [-0.2, 0) is 44.5 Å². The van der Waals surface area contributed by atoms with Crippen molar-refractivity contribution in [2.24, 2.45) is 0 Å². The van der Waals surface area contributed by atoms with Gasteiger partial charge >= 0.3 is 0 Å². The second-order valence-corrected chi connectivity index (χ2v) is 10.4. The standard InChI is InChI=1S/C33H34O4S/c1-5-13-26(14-6-1)21-34-24-30-31(35-22-27-15-7-2-8-16-27)32(36-23-28-17-9-3-10-18-28)33(37-30)38-25-29-19-11-4-12-20-29/h1-20,30-33H,21-25H2/t30-,31+,32-,33+/m1/s1. The molecule has 4 atom stereocenters. The summed E-state index contributed by atoms with van der Waals surface area (Å²) in [5, 5.41) is 0.